The Morgan fingerprint density at radius 3 is 1.89 bits per heavy atom. The molecule has 0 aliphatic carbocycles. The third-order valence-corrected chi connectivity index (χ3v) is 6.44. The molecule has 1 aliphatic rings. The molecule has 0 unspecified atom stereocenters. The lowest BCUT2D eigenvalue weighted by atomic mass is 10.1. The van der Waals surface area contributed by atoms with Gasteiger partial charge in [0.1, 0.15) is 0 Å². The second kappa shape index (κ2) is 7.22. The average molecular weight is 393 g/mol. The van der Waals surface area contributed by atoms with Crippen molar-refractivity contribution in [2.75, 3.05) is 0 Å². The van der Waals surface area contributed by atoms with Gasteiger partial charge in [-0.15, -0.1) is 0 Å². The zero-order valence-electron chi connectivity index (χ0n) is 15.2. The molecule has 0 bridgehead atoms. The van der Waals surface area contributed by atoms with Crippen molar-refractivity contribution in [3.63, 3.8) is 0 Å². The van der Waals surface area contributed by atoms with Crippen LogP contribution in [-0.4, -0.2) is 18.6 Å². The van der Waals surface area contributed by atoms with Gasteiger partial charge in [0.2, 0.25) is 0 Å². The van der Waals surface area contributed by atoms with Gasteiger partial charge in [-0.05, 0) is 24.6 Å². The van der Waals surface area contributed by atoms with Crippen LogP contribution in [0, 0.1) is 6.92 Å². The zero-order chi connectivity index (χ0) is 19.7. The van der Waals surface area contributed by atoms with Crippen LogP contribution in [-0.2, 0) is 19.6 Å². The standard InChI is InChI=1S/C22H19NO4S/c1-16-12-14-19(15-13-16)28(25,26)23-21(24)20(17-8-4-2-5-9-17)27-22(23)18-10-6-3-7-11-18/h2-15,20,22H,1H3/t20-,22-/m0/s1. The monoisotopic (exact) mass is 393 g/mol. The van der Waals surface area contributed by atoms with Crippen LogP contribution in [0.4, 0.5) is 0 Å². The van der Waals surface area contributed by atoms with Crippen LogP contribution >= 0.6 is 0 Å². The number of amides is 1. The average Bonchev–Trinajstić information content (AvgIpc) is 3.07. The fourth-order valence-electron chi connectivity index (χ4n) is 3.22. The molecule has 0 radical (unpaired) electrons. The maximum Gasteiger partial charge on any atom is 0.272 e. The van der Waals surface area contributed by atoms with Gasteiger partial charge in [-0.2, -0.15) is 0 Å². The predicted octanol–water partition coefficient (Wildman–Crippen LogP) is 3.98. The molecule has 1 heterocycles. The molecule has 1 aliphatic heterocycles. The Kier molecular flexibility index (Phi) is 4.75. The summed E-state index contributed by atoms with van der Waals surface area (Å²) in [6, 6.07) is 24.3. The second-order valence-corrected chi connectivity index (χ2v) is 8.46. The number of hydrogen-bond acceptors (Lipinski definition) is 4. The maximum absolute atomic E-state index is 13.3. The predicted molar refractivity (Wildman–Crippen MR) is 105 cm³/mol. The molecule has 5 nitrogen and oxygen atoms in total. The fraction of sp³-hybridized carbons (Fsp3) is 0.136. The van der Waals surface area contributed by atoms with Crippen LogP contribution in [0.5, 0.6) is 0 Å². The van der Waals surface area contributed by atoms with E-state index in [1.807, 2.05) is 19.1 Å². The number of rotatable bonds is 4. The van der Waals surface area contributed by atoms with Gasteiger partial charge in [-0.3, -0.25) is 4.79 Å². The van der Waals surface area contributed by atoms with E-state index in [4.69, 9.17) is 4.74 Å². The first kappa shape index (κ1) is 18.4. The summed E-state index contributed by atoms with van der Waals surface area (Å²) in [7, 11) is -4.08. The zero-order valence-corrected chi connectivity index (χ0v) is 16.0. The van der Waals surface area contributed by atoms with E-state index in [1.54, 1.807) is 60.7 Å². The Morgan fingerprint density at radius 1 is 0.786 bits per heavy atom. The minimum Gasteiger partial charge on any atom is -0.335 e. The fourth-order valence-corrected chi connectivity index (χ4v) is 4.69. The van der Waals surface area contributed by atoms with E-state index in [9.17, 15) is 13.2 Å². The minimum atomic E-state index is -4.08. The smallest absolute Gasteiger partial charge is 0.272 e. The molecule has 3 aromatic rings. The van der Waals surface area contributed by atoms with Gasteiger partial charge in [0.05, 0.1) is 4.90 Å². The Labute approximate surface area is 164 Å². The van der Waals surface area contributed by atoms with Crippen molar-refractivity contribution >= 4 is 15.9 Å². The lowest BCUT2D eigenvalue weighted by Crippen LogP contribution is -2.35. The quantitative estimate of drug-likeness (QED) is 0.673. The van der Waals surface area contributed by atoms with Gasteiger partial charge >= 0.3 is 0 Å². The van der Waals surface area contributed by atoms with Crippen LogP contribution in [0.25, 0.3) is 0 Å². The number of ether oxygens (including phenoxy) is 1. The van der Waals surface area contributed by atoms with E-state index in [0.29, 0.717) is 11.1 Å². The molecule has 3 aromatic carbocycles. The number of aryl methyl sites for hydroxylation is 1. The van der Waals surface area contributed by atoms with Crippen LogP contribution in [0.15, 0.2) is 89.8 Å². The highest BCUT2D eigenvalue weighted by atomic mass is 32.2. The van der Waals surface area contributed by atoms with E-state index in [2.05, 4.69) is 0 Å². The summed E-state index contributed by atoms with van der Waals surface area (Å²) in [6.45, 7) is 1.87. The molecule has 4 rings (SSSR count). The minimum absolute atomic E-state index is 0.0599. The van der Waals surface area contributed by atoms with E-state index in [0.717, 1.165) is 9.87 Å². The molecular formula is C22H19NO4S. The SMILES string of the molecule is Cc1ccc(S(=O)(=O)N2C(=O)[C@H](c3ccccc3)O[C@H]2c2ccccc2)cc1. The first-order valence-corrected chi connectivity index (χ1v) is 10.3. The van der Waals surface area contributed by atoms with E-state index in [-0.39, 0.29) is 4.90 Å². The first-order chi connectivity index (χ1) is 13.5. The molecular weight excluding hydrogens is 374 g/mol. The summed E-state index contributed by atoms with van der Waals surface area (Å²) >= 11 is 0. The number of benzene rings is 3. The van der Waals surface area contributed by atoms with Crippen molar-refractivity contribution in [2.45, 2.75) is 24.2 Å². The molecule has 1 amide bonds. The topological polar surface area (TPSA) is 63.7 Å². The van der Waals surface area contributed by atoms with Gasteiger partial charge in [-0.25, -0.2) is 12.7 Å². The summed E-state index contributed by atoms with van der Waals surface area (Å²) in [6.07, 6.45) is -2.00. The lowest BCUT2D eigenvalue weighted by molar-refractivity contribution is -0.127. The highest BCUT2D eigenvalue weighted by Crippen LogP contribution is 2.42. The number of carbonyl (C=O) groups is 1. The number of carbonyl (C=O) groups excluding carboxylic acids is 1. The summed E-state index contributed by atoms with van der Waals surface area (Å²) in [5.41, 5.74) is 2.16. The first-order valence-electron chi connectivity index (χ1n) is 8.89. The Morgan fingerprint density at radius 2 is 1.32 bits per heavy atom. The highest BCUT2D eigenvalue weighted by Gasteiger charge is 2.48. The largest absolute Gasteiger partial charge is 0.335 e. The third kappa shape index (κ3) is 3.21. The number of nitrogens with zero attached hydrogens (tertiary/aromatic N) is 1. The summed E-state index contributed by atoms with van der Waals surface area (Å²) in [5.74, 6) is -0.597. The summed E-state index contributed by atoms with van der Waals surface area (Å²) < 4.78 is 33.5. The van der Waals surface area contributed by atoms with Crippen LogP contribution in [0.2, 0.25) is 0 Å². The maximum atomic E-state index is 13.3. The van der Waals surface area contributed by atoms with Crippen molar-refractivity contribution in [1.29, 1.82) is 0 Å². The van der Waals surface area contributed by atoms with Crippen LogP contribution in [0.3, 0.4) is 0 Å². The van der Waals surface area contributed by atoms with Gasteiger partial charge < -0.3 is 4.74 Å². The Hall–Kier alpha value is -2.96. The molecule has 6 heteroatoms. The van der Waals surface area contributed by atoms with Gasteiger partial charge in [0.15, 0.2) is 12.3 Å². The molecule has 28 heavy (non-hydrogen) atoms. The molecule has 0 saturated carbocycles. The molecule has 142 valence electrons. The van der Waals surface area contributed by atoms with Crippen molar-refractivity contribution < 1.29 is 17.9 Å². The molecule has 0 spiro atoms. The second-order valence-electron chi connectivity index (χ2n) is 6.64. The Bertz CT molecular complexity index is 1080. The van der Waals surface area contributed by atoms with Gasteiger partial charge in [0.25, 0.3) is 15.9 Å². The van der Waals surface area contributed by atoms with Gasteiger partial charge in [-0.1, -0.05) is 78.4 Å². The summed E-state index contributed by atoms with van der Waals surface area (Å²) in [5, 5.41) is 0. The number of sulfonamides is 1. The third-order valence-electron chi connectivity index (χ3n) is 4.68. The van der Waals surface area contributed by atoms with E-state index < -0.39 is 28.3 Å². The molecule has 0 aromatic heterocycles. The van der Waals surface area contributed by atoms with Crippen LogP contribution < -0.4 is 0 Å². The normalized spacial score (nSPS) is 19.8. The van der Waals surface area contributed by atoms with Crippen molar-refractivity contribution in [3.8, 4) is 0 Å². The highest BCUT2D eigenvalue weighted by molar-refractivity contribution is 7.89. The molecule has 1 fully saturated rings. The van der Waals surface area contributed by atoms with Crippen molar-refractivity contribution in [1.82, 2.24) is 4.31 Å². The van der Waals surface area contributed by atoms with Crippen molar-refractivity contribution in [3.05, 3.63) is 102 Å². The molecule has 0 N–H and O–H groups in total. The Balaban J connectivity index is 1.81. The number of hydrogen-bond donors (Lipinski definition) is 0. The summed E-state index contributed by atoms with van der Waals surface area (Å²) in [4.78, 5) is 13.3. The van der Waals surface area contributed by atoms with Crippen LogP contribution in [0.1, 0.15) is 29.0 Å². The lowest BCUT2D eigenvalue weighted by Gasteiger charge is -2.23. The molecule has 2 atom stereocenters. The van der Waals surface area contributed by atoms with E-state index >= 15 is 0 Å². The van der Waals surface area contributed by atoms with E-state index in [1.165, 1.54) is 12.1 Å². The van der Waals surface area contributed by atoms with Crippen molar-refractivity contribution in [2.24, 2.45) is 0 Å². The van der Waals surface area contributed by atoms with Gasteiger partial charge in [0, 0.05) is 5.56 Å². The molecule has 1 saturated heterocycles.